The van der Waals surface area contributed by atoms with Gasteiger partial charge in [-0.1, -0.05) is 12.5 Å². The minimum atomic E-state index is -4.31. The molecule has 1 aromatic heterocycles. The van der Waals surface area contributed by atoms with Gasteiger partial charge in [0.15, 0.2) is 0 Å². The van der Waals surface area contributed by atoms with Crippen LogP contribution in [-0.4, -0.2) is 28.0 Å². The van der Waals surface area contributed by atoms with E-state index in [1.165, 1.54) is 0 Å². The number of rotatable bonds is 5. The Morgan fingerprint density at radius 2 is 1.90 bits per heavy atom. The third-order valence-electron chi connectivity index (χ3n) is 4.50. The minimum Gasteiger partial charge on any atom is -0.352 e. The molecule has 3 rings (SSSR count). The molecule has 0 unspecified atom stereocenters. The second-order valence-electron chi connectivity index (χ2n) is 7.05. The van der Waals surface area contributed by atoms with E-state index in [2.05, 4.69) is 15.3 Å². The SMILES string of the molecule is FC1(F)CCCCC1.NCc1nc2ccc(CNC(=O)CCC(F)(F)F)cc2[nH]1. The number of alkyl halides is 5. The molecule has 1 saturated carbocycles. The van der Waals surface area contributed by atoms with E-state index < -0.39 is 30.8 Å². The molecule has 1 aliphatic rings. The molecule has 0 bridgehead atoms. The van der Waals surface area contributed by atoms with Gasteiger partial charge in [-0.05, 0) is 30.5 Å². The predicted octanol–water partition coefficient (Wildman–Crippen LogP) is 4.57. The second kappa shape index (κ2) is 10.00. The Bertz CT molecular complexity index is 795. The molecule has 1 heterocycles. The fourth-order valence-corrected chi connectivity index (χ4v) is 2.93. The Morgan fingerprint density at radius 1 is 1.21 bits per heavy atom. The maximum absolute atomic E-state index is 12.2. The molecule has 0 radical (unpaired) electrons. The number of fused-ring (bicyclic) bond motifs is 1. The molecule has 5 nitrogen and oxygen atoms in total. The summed E-state index contributed by atoms with van der Waals surface area (Å²) in [5.41, 5.74) is 7.78. The fourth-order valence-electron chi connectivity index (χ4n) is 2.93. The summed E-state index contributed by atoms with van der Waals surface area (Å²) in [6.45, 7) is 0.460. The van der Waals surface area contributed by atoms with Gasteiger partial charge in [0, 0.05) is 25.8 Å². The van der Waals surface area contributed by atoms with Gasteiger partial charge in [0.25, 0.3) is 0 Å². The third-order valence-corrected chi connectivity index (χ3v) is 4.50. The zero-order chi connectivity index (χ0) is 21.5. The van der Waals surface area contributed by atoms with Crippen molar-refractivity contribution < 1.29 is 26.7 Å². The van der Waals surface area contributed by atoms with Crippen LogP contribution in [0, 0.1) is 0 Å². The first-order valence-corrected chi connectivity index (χ1v) is 9.47. The Hall–Kier alpha value is -2.23. The first-order chi connectivity index (χ1) is 13.6. The van der Waals surface area contributed by atoms with Crippen LogP contribution in [0.2, 0.25) is 0 Å². The number of nitrogens with two attached hydrogens (primary N) is 1. The van der Waals surface area contributed by atoms with Crippen LogP contribution < -0.4 is 11.1 Å². The highest BCUT2D eigenvalue weighted by Gasteiger charge is 2.30. The van der Waals surface area contributed by atoms with Gasteiger partial charge in [-0.3, -0.25) is 4.79 Å². The molecule has 29 heavy (non-hydrogen) atoms. The van der Waals surface area contributed by atoms with Crippen LogP contribution in [0.1, 0.15) is 56.3 Å². The summed E-state index contributed by atoms with van der Waals surface area (Å²) in [6.07, 6.45) is -3.33. The van der Waals surface area contributed by atoms with Crippen molar-refractivity contribution in [3.8, 4) is 0 Å². The van der Waals surface area contributed by atoms with E-state index in [0.717, 1.165) is 23.0 Å². The molecule has 4 N–H and O–H groups in total. The van der Waals surface area contributed by atoms with Gasteiger partial charge in [0.2, 0.25) is 11.8 Å². The number of nitrogens with zero attached hydrogens (tertiary/aromatic N) is 1. The van der Waals surface area contributed by atoms with Crippen molar-refractivity contribution in [1.29, 1.82) is 0 Å². The van der Waals surface area contributed by atoms with Crippen molar-refractivity contribution >= 4 is 16.9 Å². The maximum Gasteiger partial charge on any atom is 0.389 e. The van der Waals surface area contributed by atoms with E-state index in [-0.39, 0.29) is 25.9 Å². The molecule has 1 amide bonds. The van der Waals surface area contributed by atoms with Gasteiger partial charge in [-0.2, -0.15) is 13.2 Å². The summed E-state index contributed by atoms with van der Waals surface area (Å²) in [6, 6.07) is 5.31. The molecule has 0 saturated heterocycles. The third kappa shape index (κ3) is 8.35. The summed E-state index contributed by atoms with van der Waals surface area (Å²) in [5.74, 6) is -2.30. The largest absolute Gasteiger partial charge is 0.389 e. The summed E-state index contributed by atoms with van der Waals surface area (Å²) >= 11 is 0. The fraction of sp³-hybridized carbons (Fsp3) is 0.579. The predicted molar refractivity (Wildman–Crippen MR) is 99.2 cm³/mol. The van der Waals surface area contributed by atoms with E-state index in [1.54, 1.807) is 18.2 Å². The molecule has 0 aliphatic heterocycles. The average Bonchev–Trinajstić information content (AvgIpc) is 3.07. The molecule has 10 heteroatoms. The molecule has 1 aliphatic carbocycles. The van der Waals surface area contributed by atoms with Crippen LogP contribution in [0.25, 0.3) is 11.0 Å². The van der Waals surface area contributed by atoms with Gasteiger partial charge in [-0.15, -0.1) is 0 Å². The van der Waals surface area contributed by atoms with Gasteiger partial charge in [0.1, 0.15) is 5.82 Å². The highest BCUT2D eigenvalue weighted by molar-refractivity contribution is 5.77. The lowest BCUT2D eigenvalue weighted by Gasteiger charge is -2.20. The molecular formula is C19H25F5N4O. The van der Waals surface area contributed by atoms with Gasteiger partial charge in [-0.25, -0.2) is 13.8 Å². The number of aromatic amines is 1. The monoisotopic (exact) mass is 420 g/mol. The lowest BCUT2D eigenvalue weighted by atomic mass is 9.97. The summed E-state index contributed by atoms with van der Waals surface area (Å²) < 4.78 is 60.4. The zero-order valence-corrected chi connectivity index (χ0v) is 15.9. The van der Waals surface area contributed by atoms with E-state index in [4.69, 9.17) is 5.73 Å². The Kier molecular flexibility index (Phi) is 7.95. The first kappa shape index (κ1) is 23.1. The average molecular weight is 420 g/mol. The number of H-pyrrole nitrogens is 1. The summed E-state index contributed by atoms with van der Waals surface area (Å²) in [5, 5.41) is 2.46. The number of amides is 1. The number of nitrogens with one attached hydrogen (secondary N) is 2. The van der Waals surface area contributed by atoms with Crippen molar-refractivity contribution in [2.45, 2.75) is 70.1 Å². The molecular weight excluding hydrogens is 395 g/mol. The Labute approximate surface area is 165 Å². The number of imidazole rings is 1. The molecule has 2 aromatic rings. The number of carbonyl (C=O) groups is 1. The van der Waals surface area contributed by atoms with Crippen molar-refractivity contribution in [2.75, 3.05) is 0 Å². The normalized spacial score (nSPS) is 16.2. The smallest absolute Gasteiger partial charge is 0.352 e. The van der Waals surface area contributed by atoms with Crippen LogP contribution in [0.4, 0.5) is 22.0 Å². The number of hydrogen-bond donors (Lipinski definition) is 3. The second-order valence-corrected chi connectivity index (χ2v) is 7.05. The minimum absolute atomic E-state index is 0.118. The van der Waals surface area contributed by atoms with E-state index >= 15 is 0 Å². The van der Waals surface area contributed by atoms with E-state index in [9.17, 15) is 26.7 Å². The standard InChI is InChI=1S/C13H15F3N4O.C6H10F2/c14-13(15,16)4-3-12(21)18-7-8-1-2-9-10(5-8)20-11(6-17)19-9;7-6(8)4-2-1-3-5-6/h1-2,5H,3-4,6-7,17H2,(H,18,21)(H,19,20);1-5H2. The lowest BCUT2D eigenvalue weighted by Crippen LogP contribution is -2.24. The molecule has 1 fully saturated rings. The Morgan fingerprint density at radius 3 is 2.45 bits per heavy atom. The highest BCUT2D eigenvalue weighted by Crippen LogP contribution is 2.32. The quantitative estimate of drug-likeness (QED) is 0.620. The highest BCUT2D eigenvalue weighted by atomic mass is 19.4. The number of benzene rings is 1. The number of hydrogen-bond acceptors (Lipinski definition) is 3. The van der Waals surface area contributed by atoms with E-state index in [1.807, 2.05) is 0 Å². The topological polar surface area (TPSA) is 83.8 Å². The van der Waals surface area contributed by atoms with Gasteiger partial charge < -0.3 is 16.0 Å². The van der Waals surface area contributed by atoms with Crippen molar-refractivity contribution in [3.05, 3.63) is 29.6 Å². The number of aromatic nitrogens is 2. The molecule has 1 aromatic carbocycles. The summed E-state index contributed by atoms with van der Waals surface area (Å²) in [7, 11) is 0. The van der Waals surface area contributed by atoms with Crippen molar-refractivity contribution in [1.82, 2.24) is 15.3 Å². The lowest BCUT2D eigenvalue weighted by molar-refractivity contribution is -0.144. The molecule has 0 atom stereocenters. The first-order valence-electron chi connectivity index (χ1n) is 9.47. The number of halogens is 5. The number of carbonyl (C=O) groups excluding carboxylic acids is 1. The van der Waals surface area contributed by atoms with E-state index in [0.29, 0.717) is 18.7 Å². The summed E-state index contributed by atoms with van der Waals surface area (Å²) in [4.78, 5) is 18.6. The molecule has 0 spiro atoms. The van der Waals surface area contributed by atoms with Crippen LogP contribution in [0.15, 0.2) is 18.2 Å². The van der Waals surface area contributed by atoms with Gasteiger partial charge in [0.05, 0.1) is 24.0 Å². The van der Waals surface area contributed by atoms with Crippen LogP contribution >= 0.6 is 0 Å². The van der Waals surface area contributed by atoms with Crippen molar-refractivity contribution in [2.24, 2.45) is 5.73 Å². The van der Waals surface area contributed by atoms with Gasteiger partial charge >= 0.3 is 6.18 Å². The van der Waals surface area contributed by atoms with Crippen LogP contribution in [-0.2, 0) is 17.9 Å². The maximum atomic E-state index is 12.2. The van der Waals surface area contributed by atoms with Crippen LogP contribution in [0.5, 0.6) is 0 Å². The van der Waals surface area contributed by atoms with Crippen LogP contribution in [0.3, 0.4) is 0 Å². The Balaban J connectivity index is 0.000000313. The molecule has 162 valence electrons. The zero-order valence-electron chi connectivity index (χ0n) is 15.9. The van der Waals surface area contributed by atoms with Crippen molar-refractivity contribution in [3.63, 3.8) is 0 Å².